The summed E-state index contributed by atoms with van der Waals surface area (Å²) in [5.74, 6) is 0.278. The first-order valence-electron chi connectivity index (χ1n) is 7.97. The van der Waals surface area contributed by atoms with Crippen molar-refractivity contribution in [3.63, 3.8) is 0 Å². The molecule has 2 N–H and O–H groups in total. The van der Waals surface area contributed by atoms with E-state index in [2.05, 4.69) is 5.32 Å². The molecule has 0 fully saturated rings. The van der Waals surface area contributed by atoms with Crippen LogP contribution < -0.4 is 14.8 Å². The summed E-state index contributed by atoms with van der Waals surface area (Å²) in [6, 6.07) is 8.06. The van der Waals surface area contributed by atoms with E-state index in [0.717, 1.165) is 0 Å². The van der Waals surface area contributed by atoms with Gasteiger partial charge in [-0.15, -0.1) is 0 Å². The van der Waals surface area contributed by atoms with Crippen LogP contribution in [0, 0.1) is 5.92 Å². The number of fused-ring (bicyclic) bond motifs is 1. The molecule has 1 aromatic heterocycles. The van der Waals surface area contributed by atoms with Crippen molar-refractivity contribution < 1.29 is 28.6 Å². The maximum absolute atomic E-state index is 12.5. The Kier molecular flexibility index (Phi) is 4.92. The predicted octanol–water partition coefficient (Wildman–Crippen LogP) is 2.52. The Balaban J connectivity index is 1.72. The number of hydrogen-bond acceptors (Lipinski definition) is 5. The number of carboxylic acids is 1. The van der Waals surface area contributed by atoms with E-state index in [1.807, 2.05) is 0 Å². The Morgan fingerprint density at radius 1 is 1.24 bits per heavy atom. The Bertz CT molecular complexity index is 755. The molecule has 1 unspecified atom stereocenters. The topological polar surface area (TPSA) is 98.0 Å². The van der Waals surface area contributed by atoms with Crippen molar-refractivity contribution in [3.05, 3.63) is 47.9 Å². The molecule has 132 valence electrons. The molecule has 0 aliphatic carbocycles. The van der Waals surface area contributed by atoms with E-state index in [1.165, 1.54) is 0 Å². The van der Waals surface area contributed by atoms with Gasteiger partial charge < -0.3 is 24.3 Å². The van der Waals surface area contributed by atoms with Crippen LogP contribution >= 0.6 is 0 Å². The van der Waals surface area contributed by atoms with Gasteiger partial charge in [-0.25, -0.2) is 0 Å². The number of carbonyl (C=O) groups is 2. The molecule has 25 heavy (non-hydrogen) atoms. The third-order valence-corrected chi connectivity index (χ3v) is 4.03. The van der Waals surface area contributed by atoms with Crippen LogP contribution in [0.5, 0.6) is 11.5 Å². The summed E-state index contributed by atoms with van der Waals surface area (Å²) in [7, 11) is 0. The first-order chi connectivity index (χ1) is 12.0. The molecule has 0 bridgehead atoms. The molecule has 1 amide bonds. The lowest BCUT2D eigenvalue weighted by molar-refractivity contribution is -0.138. The lowest BCUT2D eigenvalue weighted by atomic mass is 10.00. The number of ether oxygens (including phenoxy) is 2. The zero-order valence-corrected chi connectivity index (χ0v) is 13.7. The molecule has 7 heteroatoms. The van der Waals surface area contributed by atoms with Gasteiger partial charge in [-0.3, -0.25) is 9.59 Å². The lowest BCUT2D eigenvalue weighted by Gasteiger charge is -2.20. The summed E-state index contributed by atoms with van der Waals surface area (Å²) in [4.78, 5) is 23.7. The SMILES string of the molecule is CC(Cc1ccco1)C(=O)N[C@@H](CC(=O)O)c1ccc2c(c1)OCO2. The Labute approximate surface area is 144 Å². The number of benzene rings is 1. The van der Waals surface area contributed by atoms with Crippen molar-refractivity contribution in [1.82, 2.24) is 5.32 Å². The largest absolute Gasteiger partial charge is 0.481 e. The number of rotatable bonds is 7. The standard InChI is InChI=1S/C18H19NO6/c1-11(7-13-3-2-6-23-13)18(22)19-14(9-17(20)21)12-4-5-15-16(8-12)25-10-24-15/h2-6,8,11,14H,7,9-10H2,1H3,(H,19,22)(H,20,21)/t11?,14-/m0/s1. The fourth-order valence-corrected chi connectivity index (χ4v) is 2.69. The Morgan fingerprint density at radius 3 is 2.76 bits per heavy atom. The van der Waals surface area contributed by atoms with Crippen molar-refractivity contribution in [1.29, 1.82) is 0 Å². The van der Waals surface area contributed by atoms with Crippen LogP contribution in [0.3, 0.4) is 0 Å². The third-order valence-electron chi connectivity index (χ3n) is 4.03. The fourth-order valence-electron chi connectivity index (χ4n) is 2.69. The van der Waals surface area contributed by atoms with Gasteiger partial charge in [0, 0.05) is 12.3 Å². The molecule has 3 rings (SSSR count). The number of carboxylic acid groups (broad SMARTS) is 1. The number of nitrogens with one attached hydrogen (secondary N) is 1. The van der Waals surface area contributed by atoms with Gasteiger partial charge in [-0.05, 0) is 29.8 Å². The minimum Gasteiger partial charge on any atom is -0.481 e. The highest BCUT2D eigenvalue weighted by Gasteiger charge is 2.24. The van der Waals surface area contributed by atoms with Gasteiger partial charge in [0.2, 0.25) is 12.7 Å². The number of carbonyl (C=O) groups excluding carboxylic acids is 1. The summed E-state index contributed by atoms with van der Waals surface area (Å²) in [5, 5.41) is 12.0. The van der Waals surface area contributed by atoms with Crippen LogP contribution in [0.1, 0.15) is 30.7 Å². The Morgan fingerprint density at radius 2 is 2.04 bits per heavy atom. The molecule has 7 nitrogen and oxygen atoms in total. The van der Waals surface area contributed by atoms with E-state index >= 15 is 0 Å². The second kappa shape index (κ2) is 7.29. The molecular formula is C18H19NO6. The van der Waals surface area contributed by atoms with Gasteiger partial charge >= 0.3 is 5.97 Å². The molecule has 2 aromatic rings. The molecule has 1 aliphatic rings. The quantitative estimate of drug-likeness (QED) is 0.800. The summed E-state index contributed by atoms with van der Waals surface area (Å²) >= 11 is 0. The van der Waals surface area contributed by atoms with Crippen LogP contribution in [0.2, 0.25) is 0 Å². The molecule has 0 saturated carbocycles. The zero-order chi connectivity index (χ0) is 17.8. The van der Waals surface area contributed by atoms with Crippen LogP contribution in [-0.2, 0) is 16.0 Å². The van der Waals surface area contributed by atoms with Crippen molar-refractivity contribution >= 4 is 11.9 Å². The third kappa shape index (κ3) is 4.12. The zero-order valence-electron chi connectivity index (χ0n) is 13.7. The van der Waals surface area contributed by atoms with E-state index in [-0.39, 0.29) is 25.0 Å². The number of amides is 1. The second-order valence-corrected chi connectivity index (χ2v) is 5.96. The molecular weight excluding hydrogens is 326 g/mol. The lowest BCUT2D eigenvalue weighted by Crippen LogP contribution is -2.34. The van der Waals surface area contributed by atoms with Crippen LogP contribution in [0.15, 0.2) is 41.0 Å². The van der Waals surface area contributed by atoms with Gasteiger partial charge in [-0.1, -0.05) is 13.0 Å². The molecule has 0 saturated heterocycles. The summed E-state index contributed by atoms with van der Waals surface area (Å²) < 4.78 is 15.8. The van der Waals surface area contributed by atoms with Gasteiger partial charge in [0.05, 0.1) is 18.7 Å². The fraction of sp³-hybridized carbons (Fsp3) is 0.333. The van der Waals surface area contributed by atoms with E-state index in [9.17, 15) is 14.7 Å². The summed E-state index contributed by atoms with van der Waals surface area (Å²) in [5.41, 5.74) is 0.658. The number of furan rings is 1. The highest BCUT2D eigenvalue weighted by molar-refractivity contribution is 5.80. The van der Waals surface area contributed by atoms with E-state index in [4.69, 9.17) is 13.9 Å². The maximum Gasteiger partial charge on any atom is 0.305 e. The molecule has 1 aromatic carbocycles. The van der Waals surface area contributed by atoms with Crippen LogP contribution in [0.4, 0.5) is 0 Å². The number of aliphatic carboxylic acids is 1. The van der Waals surface area contributed by atoms with Gasteiger partial charge in [0.25, 0.3) is 0 Å². The highest BCUT2D eigenvalue weighted by Crippen LogP contribution is 2.34. The van der Waals surface area contributed by atoms with Crippen molar-refractivity contribution in [2.75, 3.05) is 6.79 Å². The summed E-state index contributed by atoms with van der Waals surface area (Å²) in [6.45, 7) is 1.91. The monoisotopic (exact) mass is 345 g/mol. The smallest absolute Gasteiger partial charge is 0.305 e. The van der Waals surface area contributed by atoms with E-state index in [1.54, 1.807) is 43.5 Å². The van der Waals surface area contributed by atoms with Crippen molar-refractivity contribution in [3.8, 4) is 11.5 Å². The molecule has 2 heterocycles. The van der Waals surface area contributed by atoms with Crippen LogP contribution in [-0.4, -0.2) is 23.8 Å². The predicted molar refractivity (Wildman–Crippen MR) is 87.3 cm³/mol. The normalized spacial score (nSPS) is 14.8. The summed E-state index contributed by atoms with van der Waals surface area (Å²) in [6.07, 6.45) is 1.78. The molecule has 0 radical (unpaired) electrons. The minimum atomic E-state index is -0.998. The highest BCUT2D eigenvalue weighted by atomic mass is 16.7. The maximum atomic E-state index is 12.5. The molecule has 1 aliphatic heterocycles. The van der Waals surface area contributed by atoms with E-state index < -0.39 is 12.0 Å². The first-order valence-corrected chi connectivity index (χ1v) is 7.97. The number of hydrogen-bond donors (Lipinski definition) is 2. The average Bonchev–Trinajstić information content (AvgIpc) is 3.24. The van der Waals surface area contributed by atoms with Crippen LogP contribution in [0.25, 0.3) is 0 Å². The van der Waals surface area contributed by atoms with Gasteiger partial charge in [-0.2, -0.15) is 0 Å². The van der Waals surface area contributed by atoms with Gasteiger partial charge in [0.15, 0.2) is 11.5 Å². The molecule has 2 atom stereocenters. The van der Waals surface area contributed by atoms with Crippen molar-refractivity contribution in [2.24, 2.45) is 5.92 Å². The second-order valence-electron chi connectivity index (χ2n) is 5.96. The Hall–Kier alpha value is -2.96. The molecule has 0 spiro atoms. The van der Waals surface area contributed by atoms with E-state index in [0.29, 0.717) is 29.2 Å². The minimum absolute atomic E-state index is 0.134. The van der Waals surface area contributed by atoms with Gasteiger partial charge in [0.1, 0.15) is 5.76 Å². The van der Waals surface area contributed by atoms with Crippen molar-refractivity contribution in [2.45, 2.75) is 25.8 Å². The average molecular weight is 345 g/mol. The first kappa shape index (κ1) is 16.9.